The Kier molecular flexibility index (Phi) is 6.75. The third kappa shape index (κ3) is 4.65. The van der Waals surface area contributed by atoms with E-state index >= 15 is 0 Å². The SMILES string of the molecule is Cl.NCC1CCCC1NC(=O)COc1ccc(F)cc1. The van der Waals surface area contributed by atoms with Crippen LogP contribution in [0.5, 0.6) is 5.75 Å². The maximum Gasteiger partial charge on any atom is 0.258 e. The summed E-state index contributed by atoms with van der Waals surface area (Å²) in [6, 6.07) is 5.76. The molecule has 6 heteroatoms. The molecule has 4 nitrogen and oxygen atoms in total. The van der Waals surface area contributed by atoms with Crippen LogP contribution in [-0.2, 0) is 4.79 Å². The van der Waals surface area contributed by atoms with E-state index in [1.54, 1.807) is 0 Å². The van der Waals surface area contributed by atoms with Crippen molar-refractivity contribution < 1.29 is 13.9 Å². The molecule has 1 aliphatic carbocycles. The Hall–Kier alpha value is -1.33. The molecule has 0 saturated heterocycles. The van der Waals surface area contributed by atoms with Gasteiger partial charge < -0.3 is 15.8 Å². The lowest BCUT2D eigenvalue weighted by Crippen LogP contribution is -2.42. The summed E-state index contributed by atoms with van der Waals surface area (Å²) in [5, 5.41) is 2.94. The highest BCUT2D eigenvalue weighted by Gasteiger charge is 2.27. The number of ether oxygens (including phenoxy) is 1. The van der Waals surface area contributed by atoms with Crippen LogP contribution in [0.1, 0.15) is 19.3 Å². The van der Waals surface area contributed by atoms with Gasteiger partial charge in [0.15, 0.2) is 6.61 Å². The number of halogens is 2. The molecule has 0 bridgehead atoms. The van der Waals surface area contributed by atoms with Gasteiger partial charge in [-0.3, -0.25) is 4.79 Å². The van der Waals surface area contributed by atoms with Crippen LogP contribution in [0.15, 0.2) is 24.3 Å². The number of carbonyl (C=O) groups is 1. The number of amides is 1. The van der Waals surface area contributed by atoms with E-state index < -0.39 is 0 Å². The lowest BCUT2D eigenvalue weighted by atomic mass is 10.0. The number of benzene rings is 1. The fourth-order valence-corrected chi connectivity index (χ4v) is 2.44. The summed E-state index contributed by atoms with van der Waals surface area (Å²) < 4.78 is 18.0. The van der Waals surface area contributed by atoms with E-state index in [-0.39, 0.29) is 36.8 Å². The number of hydrogen-bond donors (Lipinski definition) is 2. The summed E-state index contributed by atoms with van der Waals surface area (Å²) in [5.74, 6) is 0.372. The normalized spacial score (nSPS) is 21.1. The minimum Gasteiger partial charge on any atom is -0.484 e. The van der Waals surface area contributed by atoms with Gasteiger partial charge in [0.2, 0.25) is 0 Å². The maximum atomic E-state index is 12.7. The highest BCUT2D eigenvalue weighted by atomic mass is 35.5. The molecule has 0 aliphatic heterocycles. The lowest BCUT2D eigenvalue weighted by Gasteiger charge is -2.19. The van der Waals surface area contributed by atoms with Gasteiger partial charge in [-0.25, -0.2) is 4.39 Å². The molecule has 0 spiro atoms. The maximum absolute atomic E-state index is 12.7. The standard InChI is InChI=1S/C14H19FN2O2.ClH/c15-11-4-6-12(7-5-11)19-9-14(18)17-13-3-1-2-10(13)8-16;/h4-7,10,13H,1-3,8-9,16H2,(H,17,18);1H. The first-order valence-electron chi connectivity index (χ1n) is 6.57. The second-order valence-corrected chi connectivity index (χ2v) is 4.84. The molecule has 20 heavy (non-hydrogen) atoms. The fraction of sp³-hybridized carbons (Fsp3) is 0.500. The monoisotopic (exact) mass is 302 g/mol. The molecule has 0 heterocycles. The Bertz CT molecular complexity index is 428. The third-order valence-corrected chi connectivity index (χ3v) is 3.49. The van der Waals surface area contributed by atoms with Gasteiger partial charge in [-0.15, -0.1) is 12.4 Å². The molecule has 1 amide bonds. The zero-order valence-electron chi connectivity index (χ0n) is 11.2. The van der Waals surface area contributed by atoms with Gasteiger partial charge in [-0.1, -0.05) is 6.42 Å². The van der Waals surface area contributed by atoms with Crippen molar-refractivity contribution >= 4 is 18.3 Å². The molecule has 1 aliphatic rings. The zero-order chi connectivity index (χ0) is 13.7. The lowest BCUT2D eigenvalue weighted by molar-refractivity contribution is -0.124. The largest absolute Gasteiger partial charge is 0.484 e. The molecule has 112 valence electrons. The molecule has 2 unspecified atom stereocenters. The molecule has 0 aromatic heterocycles. The number of rotatable bonds is 5. The van der Waals surface area contributed by atoms with E-state index in [4.69, 9.17) is 10.5 Å². The van der Waals surface area contributed by atoms with Gasteiger partial charge in [0, 0.05) is 6.04 Å². The summed E-state index contributed by atoms with van der Waals surface area (Å²) in [5.41, 5.74) is 5.66. The van der Waals surface area contributed by atoms with Crippen LogP contribution in [0, 0.1) is 11.7 Å². The van der Waals surface area contributed by atoms with Crippen molar-refractivity contribution in [3.63, 3.8) is 0 Å². The number of carbonyl (C=O) groups excluding carboxylic acids is 1. The zero-order valence-corrected chi connectivity index (χ0v) is 12.0. The van der Waals surface area contributed by atoms with Crippen LogP contribution in [0.4, 0.5) is 4.39 Å². The van der Waals surface area contributed by atoms with Crippen molar-refractivity contribution in [3.05, 3.63) is 30.1 Å². The molecule has 1 fully saturated rings. The third-order valence-electron chi connectivity index (χ3n) is 3.49. The number of nitrogens with two attached hydrogens (primary N) is 1. The van der Waals surface area contributed by atoms with Crippen LogP contribution in [-0.4, -0.2) is 25.1 Å². The van der Waals surface area contributed by atoms with Gasteiger partial charge >= 0.3 is 0 Å². The predicted molar refractivity (Wildman–Crippen MR) is 77.5 cm³/mol. The summed E-state index contributed by atoms with van der Waals surface area (Å²) in [4.78, 5) is 11.7. The van der Waals surface area contributed by atoms with Crippen LogP contribution in [0.25, 0.3) is 0 Å². The van der Waals surface area contributed by atoms with E-state index in [0.29, 0.717) is 18.2 Å². The van der Waals surface area contributed by atoms with Gasteiger partial charge in [-0.2, -0.15) is 0 Å². The molecule has 2 atom stereocenters. The molecular formula is C14H20ClFN2O2. The van der Waals surface area contributed by atoms with E-state index in [0.717, 1.165) is 19.3 Å². The Morgan fingerprint density at radius 2 is 2.05 bits per heavy atom. The van der Waals surface area contributed by atoms with E-state index in [1.807, 2.05) is 0 Å². The van der Waals surface area contributed by atoms with Crippen molar-refractivity contribution in [2.24, 2.45) is 11.7 Å². The molecule has 3 N–H and O–H groups in total. The summed E-state index contributed by atoms with van der Waals surface area (Å²) >= 11 is 0. The van der Waals surface area contributed by atoms with E-state index in [9.17, 15) is 9.18 Å². The first kappa shape index (κ1) is 16.7. The van der Waals surface area contributed by atoms with Crippen molar-refractivity contribution in [3.8, 4) is 5.75 Å². The van der Waals surface area contributed by atoms with Gasteiger partial charge in [0.25, 0.3) is 5.91 Å². The number of hydrogen-bond acceptors (Lipinski definition) is 3. The topological polar surface area (TPSA) is 64.3 Å². The van der Waals surface area contributed by atoms with Crippen LogP contribution in [0.3, 0.4) is 0 Å². The molecule has 1 aromatic carbocycles. The smallest absolute Gasteiger partial charge is 0.258 e. The van der Waals surface area contributed by atoms with Crippen LogP contribution < -0.4 is 15.8 Å². The fourth-order valence-electron chi connectivity index (χ4n) is 2.44. The predicted octanol–water partition coefficient (Wildman–Crippen LogP) is 1.87. The van der Waals surface area contributed by atoms with Crippen molar-refractivity contribution in [2.75, 3.05) is 13.2 Å². The van der Waals surface area contributed by atoms with Gasteiger partial charge in [0.1, 0.15) is 11.6 Å². The first-order valence-corrected chi connectivity index (χ1v) is 6.57. The Morgan fingerprint density at radius 3 is 2.70 bits per heavy atom. The Labute approximate surface area is 124 Å². The van der Waals surface area contributed by atoms with Crippen molar-refractivity contribution in [1.29, 1.82) is 0 Å². The summed E-state index contributed by atoms with van der Waals surface area (Å²) in [6.45, 7) is 0.545. The average molecular weight is 303 g/mol. The Balaban J connectivity index is 0.00000200. The van der Waals surface area contributed by atoms with Gasteiger partial charge in [-0.05, 0) is 49.6 Å². The highest BCUT2D eigenvalue weighted by molar-refractivity contribution is 5.85. The number of nitrogens with one attached hydrogen (secondary N) is 1. The molecular weight excluding hydrogens is 283 g/mol. The second kappa shape index (κ2) is 8.07. The molecule has 1 aromatic rings. The van der Waals surface area contributed by atoms with Crippen molar-refractivity contribution in [2.45, 2.75) is 25.3 Å². The quantitative estimate of drug-likeness (QED) is 0.873. The average Bonchev–Trinajstić information content (AvgIpc) is 2.85. The first-order chi connectivity index (χ1) is 9.19. The van der Waals surface area contributed by atoms with E-state index in [1.165, 1.54) is 24.3 Å². The van der Waals surface area contributed by atoms with Crippen molar-refractivity contribution in [1.82, 2.24) is 5.32 Å². The minimum atomic E-state index is -0.325. The molecule has 0 radical (unpaired) electrons. The molecule has 2 rings (SSSR count). The summed E-state index contributed by atoms with van der Waals surface area (Å²) in [6.07, 6.45) is 3.15. The van der Waals surface area contributed by atoms with Crippen LogP contribution in [0.2, 0.25) is 0 Å². The minimum absolute atomic E-state index is 0. The van der Waals surface area contributed by atoms with Crippen LogP contribution >= 0.6 is 12.4 Å². The molecule has 1 saturated carbocycles. The van der Waals surface area contributed by atoms with Gasteiger partial charge in [0.05, 0.1) is 0 Å². The second-order valence-electron chi connectivity index (χ2n) is 4.84. The highest BCUT2D eigenvalue weighted by Crippen LogP contribution is 2.24. The Morgan fingerprint density at radius 1 is 1.35 bits per heavy atom. The van der Waals surface area contributed by atoms with E-state index in [2.05, 4.69) is 5.32 Å². The summed E-state index contributed by atoms with van der Waals surface area (Å²) in [7, 11) is 0.